The van der Waals surface area contributed by atoms with Crippen molar-refractivity contribution in [2.24, 2.45) is 0 Å². The lowest BCUT2D eigenvalue weighted by atomic mass is 10.2. The largest absolute Gasteiger partial charge is 0.491 e. The Morgan fingerprint density at radius 1 is 1.07 bits per heavy atom. The van der Waals surface area contributed by atoms with Gasteiger partial charge in [-0.15, -0.1) is 0 Å². The molecule has 1 aromatic carbocycles. The summed E-state index contributed by atoms with van der Waals surface area (Å²) < 4.78 is 56.8. The smallest absolute Gasteiger partial charge is 0.183 e. The summed E-state index contributed by atoms with van der Waals surface area (Å²) in [4.78, 5) is 4.49. The monoisotopic (exact) mass is 430 g/mol. The van der Waals surface area contributed by atoms with E-state index in [0.29, 0.717) is 18.8 Å². The van der Waals surface area contributed by atoms with Gasteiger partial charge in [-0.25, -0.2) is 16.8 Å². The van der Waals surface area contributed by atoms with Crippen LogP contribution in [0.3, 0.4) is 0 Å². The van der Waals surface area contributed by atoms with Gasteiger partial charge in [0.1, 0.15) is 5.75 Å². The number of nitrogens with zero attached hydrogens (tertiary/aromatic N) is 2. The zero-order valence-electron chi connectivity index (χ0n) is 16.7. The highest BCUT2D eigenvalue weighted by atomic mass is 32.2. The van der Waals surface area contributed by atoms with Crippen molar-refractivity contribution < 1.29 is 21.6 Å². The van der Waals surface area contributed by atoms with Gasteiger partial charge in [-0.05, 0) is 44.7 Å². The van der Waals surface area contributed by atoms with E-state index in [1.54, 1.807) is 12.1 Å². The number of hydrogen-bond donors (Lipinski definition) is 0. The molecule has 0 amide bonds. The molecule has 2 aliphatic rings. The Bertz CT molecular complexity index is 873. The zero-order chi connectivity index (χ0) is 20.5. The summed E-state index contributed by atoms with van der Waals surface area (Å²) in [5.74, 6) is 0.204. The highest BCUT2D eigenvalue weighted by Gasteiger charge is 2.48. The van der Waals surface area contributed by atoms with Gasteiger partial charge in [0, 0.05) is 32.2 Å². The molecule has 2 saturated heterocycles. The summed E-state index contributed by atoms with van der Waals surface area (Å²) in [7, 11) is -7.15. The molecule has 7 nitrogen and oxygen atoms in total. The molecule has 2 heterocycles. The van der Waals surface area contributed by atoms with Gasteiger partial charge in [0.2, 0.25) is 0 Å². The normalized spacial score (nSPS) is 26.6. The van der Waals surface area contributed by atoms with Crippen molar-refractivity contribution in [3.63, 3.8) is 0 Å². The lowest BCUT2D eigenvalue weighted by molar-refractivity contribution is 0.109. The van der Waals surface area contributed by atoms with Crippen LogP contribution in [0.1, 0.15) is 20.8 Å². The van der Waals surface area contributed by atoms with Crippen molar-refractivity contribution in [3.05, 3.63) is 24.3 Å². The Hall–Kier alpha value is -1.16. The molecular weight excluding hydrogens is 400 g/mol. The highest BCUT2D eigenvalue weighted by molar-refractivity contribution is 7.96. The van der Waals surface area contributed by atoms with Crippen LogP contribution >= 0.6 is 0 Å². The lowest BCUT2D eigenvalue weighted by Gasteiger charge is -2.38. The van der Waals surface area contributed by atoms with Crippen LogP contribution in [-0.4, -0.2) is 88.3 Å². The van der Waals surface area contributed by atoms with Crippen LogP contribution in [0.4, 0.5) is 0 Å². The van der Waals surface area contributed by atoms with Gasteiger partial charge < -0.3 is 9.64 Å². The second kappa shape index (κ2) is 8.30. The fourth-order valence-electron chi connectivity index (χ4n) is 4.00. The first kappa shape index (κ1) is 21.5. The minimum absolute atomic E-state index is 0.00593. The molecule has 3 rings (SSSR count). The first-order valence-electron chi connectivity index (χ1n) is 9.80. The molecule has 28 heavy (non-hydrogen) atoms. The van der Waals surface area contributed by atoms with Gasteiger partial charge >= 0.3 is 0 Å². The first-order chi connectivity index (χ1) is 13.1. The predicted octanol–water partition coefficient (Wildman–Crippen LogP) is 1.05. The number of rotatable bonds is 6. The maximum absolute atomic E-state index is 13.3. The van der Waals surface area contributed by atoms with Crippen LogP contribution in [0.5, 0.6) is 5.75 Å². The van der Waals surface area contributed by atoms with E-state index in [1.807, 2.05) is 13.8 Å². The van der Waals surface area contributed by atoms with Crippen molar-refractivity contribution >= 4 is 19.7 Å². The fourth-order valence-corrected chi connectivity index (χ4v) is 8.83. The number of likely N-dealkylation sites (N-methyl/N-ethyl adjacent to an activating group) is 1. The third-order valence-corrected chi connectivity index (χ3v) is 9.65. The van der Waals surface area contributed by atoms with Gasteiger partial charge in [-0.1, -0.05) is 6.92 Å². The van der Waals surface area contributed by atoms with E-state index in [2.05, 4.69) is 16.7 Å². The van der Waals surface area contributed by atoms with Crippen LogP contribution in [0, 0.1) is 0 Å². The van der Waals surface area contributed by atoms with E-state index in [-0.39, 0.29) is 22.5 Å². The SMILES string of the molecule is CCN1CCN([C@H]2CS(=O)(=O)C[C@@H]2S(=O)(=O)c2ccc(OC(C)C)cc2)CC1. The molecule has 0 unspecified atom stereocenters. The van der Waals surface area contributed by atoms with E-state index in [9.17, 15) is 16.8 Å². The average molecular weight is 431 g/mol. The molecule has 0 aliphatic carbocycles. The molecular formula is C19H30N2O5S2. The number of ether oxygens (including phenoxy) is 1. The van der Waals surface area contributed by atoms with E-state index in [1.165, 1.54) is 12.1 Å². The molecule has 0 bridgehead atoms. The topological polar surface area (TPSA) is 84.0 Å². The number of hydrogen-bond acceptors (Lipinski definition) is 7. The Balaban J connectivity index is 1.84. The maximum Gasteiger partial charge on any atom is 0.183 e. The quantitative estimate of drug-likeness (QED) is 0.667. The third kappa shape index (κ3) is 4.69. The van der Waals surface area contributed by atoms with Gasteiger partial charge in [-0.3, -0.25) is 4.90 Å². The van der Waals surface area contributed by atoms with E-state index in [0.717, 1.165) is 19.6 Å². The van der Waals surface area contributed by atoms with E-state index >= 15 is 0 Å². The summed E-state index contributed by atoms with van der Waals surface area (Å²) in [6.07, 6.45) is -0.00593. The number of sulfone groups is 2. The van der Waals surface area contributed by atoms with Crippen molar-refractivity contribution in [3.8, 4) is 5.75 Å². The van der Waals surface area contributed by atoms with E-state index in [4.69, 9.17) is 4.74 Å². The molecule has 1 aromatic rings. The summed E-state index contributed by atoms with van der Waals surface area (Å²) in [5.41, 5.74) is 0. The molecule has 0 aromatic heterocycles. The van der Waals surface area contributed by atoms with Gasteiger partial charge in [0.25, 0.3) is 0 Å². The highest BCUT2D eigenvalue weighted by Crippen LogP contribution is 2.30. The Labute approximate surface area is 168 Å². The molecule has 0 radical (unpaired) electrons. The summed E-state index contributed by atoms with van der Waals surface area (Å²) in [6, 6.07) is 5.81. The Kier molecular flexibility index (Phi) is 6.38. The number of benzene rings is 1. The van der Waals surface area contributed by atoms with Crippen LogP contribution in [-0.2, 0) is 19.7 Å². The molecule has 0 saturated carbocycles. The first-order valence-corrected chi connectivity index (χ1v) is 13.2. The third-order valence-electron chi connectivity index (χ3n) is 5.52. The summed E-state index contributed by atoms with van der Waals surface area (Å²) in [6.45, 7) is 9.90. The van der Waals surface area contributed by atoms with Crippen molar-refractivity contribution in [2.75, 3.05) is 44.2 Å². The molecule has 0 N–H and O–H groups in total. The molecule has 9 heteroatoms. The molecule has 0 spiro atoms. The van der Waals surface area contributed by atoms with Crippen LogP contribution in [0.15, 0.2) is 29.2 Å². The molecule has 2 aliphatic heterocycles. The van der Waals surface area contributed by atoms with E-state index < -0.39 is 31.0 Å². The molecule has 2 atom stereocenters. The van der Waals surface area contributed by atoms with Crippen LogP contribution in [0.25, 0.3) is 0 Å². The zero-order valence-corrected chi connectivity index (χ0v) is 18.4. The van der Waals surface area contributed by atoms with Gasteiger partial charge in [0.05, 0.1) is 27.8 Å². The van der Waals surface area contributed by atoms with Gasteiger partial charge in [-0.2, -0.15) is 0 Å². The second-order valence-electron chi connectivity index (χ2n) is 7.84. The minimum atomic E-state index is -3.76. The average Bonchev–Trinajstić information content (AvgIpc) is 2.98. The van der Waals surface area contributed by atoms with Crippen molar-refractivity contribution in [1.29, 1.82) is 0 Å². The molecule has 2 fully saturated rings. The van der Waals surface area contributed by atoms with Gasteiger partial charge in [0.15, 0.2) is 19.7 Å². The second-order valence-corrected chi connectivity index (χ2v) is 12.2. The molecule has 158 valence electrons. The minimum Gasteiger partial charge on any atom is -0.491 e. The summed E-state index contributed by atoms with van der Waals surface area (Å²) in [5, 5.41) is -0.928. The Morgan fingerprint density at radius 2 is 1.68 bits per heavy atom. The Morgan fingerprint density at radius 3 is 2.21 bits per heavy atom. The number of piperazine rings is 1. The lowest BCUT2D eigenvalue weighted by Crippen LogP contribution is -2.54. The van der Waals surface area contributed by atoms with Crippen molar-refractivity contribution in [1.82, 2.24) is 9.80 Å². The van der Waals surface area contributed by atoms with Crippen LogP contribution in [0.2, 0.25) is 0 Å². The fraction of sp³-hybridized carbons (Fsp3) is 0.684. The summed E-state index contributed by atoms with van der Waals surface area (Å²) >= 11 is 0. The van der Waals surface area contributed by atoms with Crippen LogP contribution < -0.4 is 4.74 Å². The standard InChI is InChI=1S/C19H30N2O5S2/c1-4-20-9-11-21(12-10-20)18-13-27(22,23)14-19(18)28(24,25)17-7-5-16(6-8-17)26-15(2)3/h5-8,15,18-19H,4,9-14H2,1-3H3/t18-,19-/m0/s1. The van der Waals surface area contributed by atoms with Crippen molar-refractivity contribution in [2.45, 2.75) is 43.1 Å². The maximum atomic E-state index is 13.3. The predicted molar refractivity (Wildman–Crippen MR) is 109 cm³/mol.